The average Bonchev–Trinajstić information content (AvgIpc) is 2.41. The Hall–Kier alpha value is -0.290. The summed E-state index contributed by atoms with van der Waals surface area (Å²) in [5.74, 6) is 0.0274. The van der Waals surface area contributed by atoms with E-state index in [1.54, 1.807) is 18.2 Å². The van der Waals surface area contributed by atoms with Crippen molar-refractivity contribution in [1.82, 2.24) is 4.90 Å². The lowest BCUT2D eigenvalue weighted by molar-refractivity contribution is 0.0623. The number of hydrogen-bond donors (Lipinski definition) is 1. The topological polar surface area (TPSA) is 46.3 Å². The maximum absolute atomic E-state index is 12.4. The van der Waals surface area contributed by atoms with Crippen LogP contribution >= 0.6 is 39.9 Å². The molecule has 6 heteroatoms. The molecule has 1 atom stereocenters. The number of likely N-dealkylation sites (tertiary alicyclic amines) is 1. The zero-order valence-electron chi connectivity index (χ0n) is 10.4. The molecule has 0 spiro atoms. The molecule has 0 aromatic heterocycles. The molecular weight excluding hydrogens is 351 g/mol. The zero-order valence-corrected chi connectivity index (χ0v) is 13.6. The Morgan fingerprint density at radius 2 is 2.21 bits per heavy atom. The van der Waals surface area contributed by atoms with Crippen molar-refractivity contribution in [1.29, 1.82) is 0 Å². The van der Waals surface area contributed by atoms with Gasteiger partial charge in [-0.3, -0.25) is 4.79 Å². The Labute approximate surface area is 133 Å². The number of rotatable bonds is 2. The first-order valence-corrected chi connectivity index (χ1v) is 7.26. The molecule has 0 bridgehead atoms. The van der Waals surface area contributed by atoms with Crippen LogP contribution in [0.3, 0.4) is 0 Å². The van der Waals surface area contributed by atoms with Gasteiger partial charge in [0.2, 0.25) is 0 Å². The lowest BCUT2D eigenvalue weighted by Gasteiger charge is -2.35. The third kappa shape index (κ3) is 3.85. The Balaban J connectivity index is 0.00000180. The van der Waals surface area contributed by atoms with Gasteiger partial charge in [-0.1, -0.05) is 11.6 Å². The molecule has 1 aliphatic heterocycles. The van der Waals surface area contributed by atoms with Gasteiger partial charge >= 0.3 is 0 Å². The molecule has 1 heterocycles. The third-order valence-electron chi connectivity index (χ3n) is 3.33. The molecule has 19 heavy (non-hydrogen) atoms. The second-order valence-electron chi connectivity index (χ2n) is 4.51. The molecule has 1 unspecified atom stereocenters. The van der Waals surface area contributed by atoms with Crippen molar-refractivity contribution < 1.29 is 4.79 Å². The van der Waals surface area contributed by atoms with E-state index >= 15 is 0 Å². The summed E-state index contributed by atoms with van der Waals surface area (Å²) in [6, 6.07) is 5.46. The molecule has 1 amide bonds. The Kier molecular flexibility index (Phi) is 6.60. The molecule has 0 radical (unpaired) electrons. The molecular formula is C13H17BrCl2N2O. The monoisotopic (exact) mass is 366 g/mol. The molecule has 1 aromatic carbocycles. The first kappa shape index (κ1) is 16.8. The molecule has 2 N–H and O–H groups in total. The summed E-state index contributed by atoms with van der Waals surface area (Å²) in [6.07, 6.45) is 3.19. The highest BCUT2D eigenvalue weighted by atomic mass is 79.9. The van der Waals surface area contributed by atoms with Crippen molar-refractivity contribution >= 4 is 45.8 Å². The Morgan fingerprint density at radius 1 is 1.47 bits per heavy atom. The summed E-state index contributed by atoms with van der Waals surface area (Å²) in [4.78, 5) is 14.3. The summed E-state index contributed by atoms with van der Waals surface area (Å²) < 4.78 is 0.801. The summed E-state index contributed by atoms with van der Waals surface area (Å²) in [5.41, 5.74) is 6.36. The van der Waals surface area contributed by atoms with Crippen LogP contribution in [0.5, 0.6) is 0 Å². The van der Waals surface area contributed by atoms with Crippen LogP contribution in [0.2, 0.25) is 5.02 Å². The molecule has 1 saturated heterocycles. The molecule has 2 rings (SSSR count). The third-order valence-corrected chi connectivity index (χ3v) is 4.56. The van der Waals surface area contributed by atoms with Crippen molar-refractivity contribution in [2.75, 3.05) is 13.1 Å². The summed E-state index contributed by atoms with van der Waals surface area (Å²) in [6.45, 7) is 1.31. The van der Waals surface area contributed by atoms with E-state index in [9.17, 15) is 4.79 Å². The molecule has 0 aliphatic carbocycles. The van der Waals surface area contributed by atoms with Crippen LogP contribution < -0.4 is 5.73 Å². The highest BCUT2D eigenvalue weighted by molar-refractivity contribution is 9.10. The first-order valence-electron chi connectivity index (χ1n) is 6.09. The normalized spacial score (nSPS) is 18.9. The van der Waals surface area contributed by atoms with Crippen molar-refractivity contribution in [3.8, 4) is 0 Å². The lowest BCUT2D eigenvalue weighted by Crippen LogP contribution is -2.47. The van der Waals surface area contributed by atoms with Crippen molar-refractivity contribution in [2.45, 2.75) is 25.3 Å². The van der Waals surface area contributed by atoms with E-state index in [1.165, 1.54) is 0 Å². The van der Waals surface area contributed by atoms with Crippen LogP contribution in [0.4, 0.5) is 0 Å². The maximum Gasteiger partial charge on any atom is 0.254 e. The molecule has 3 nitrogen and oxygen atoms in total. The Morgan fingerprint density at radius 3 is 2.84 bits per heavy atom. The standard InChI is InChI=1S/C13H16BrClN2O.ClH/c14-11-5-4-9(7-12(11)15)13(18)17-6-2-1-3-10(17)8-16;/h4-5,7,10H,1-3,6,8,16H2;1H. The lowest BCUT2D eigenvalue weighted by atomic mass is 10.0. The Bertz CT molecular complexity index is 456. The number of amides is 1. The predicted octanol–water partition coefficient (Wildman–Crippen LogP) is 3.48. The summed E-state index contributed by atoms with van der Waals surface area (Å²) >= 11 is 9.35. The van der Waals surface area contributed by atoms with E-state index in [1.807, 2.05) is 4.90 Å². The van der Waals surface area contributed by atoms with Crippen LogP contribution in [-0.4, -0.2) is 29.9 Å². The molecule has 1 aromatic rings. The van der Waals surface area contributed by atoms with Gasteiger partial charge in [-0.05, 0) is 53.4 Å². The largest absolute Gasteiger partial charge is 0.334 e. The number of halogens is 3. The number of hydrogen-bond acceptors (Lipinski definition) is 2. The SMILES string of the molecule is Cl.NCC1CCCCN1C(=O)c1ccc(Br)c(Cl)c1. The number of piperidine rings is 1. The second kappa shape index (κ2) is 7.48. The summed E-state index contributed by atoms with van der Waals surface area (Å²) in [7, 11) is 0. The minimum atomic E-state index is 0. The molecule has 1 aliphatic rings. The minimum absolute atomic E-state index is 0. The molecule has 1 fully saturated rings. The fraction of sp³-hybridized carbons (Fsp3) is 0.462. The van der Waals surface area contributed by atoms with Gasteiger partial charge in [0, 0.05) is 29.2 Å². The average molecular weight is 368 g/mol. The highest BCUT2D eigenvalue weighted by Gasteiger charge is 2.26. The quantitative estimate of drug-likeness (QED) is 0.869. The van der Waals surface area contributed by atoms with Gasteiger partial charge in [0.1, 0.15) is 0 Å². The number of nitrogens with zero attached hydrogens (tertiary/aromatic N) is 1. The van der Waals surface area contributed by atoms with Crippen LogP contribution in [-0.2, 0) is 0 Å². The van der Waals surface area contributed by atoms with E-state index in [0.717, 1.165) is 30.3 Å². The van der Waals surface area contributed by atoms with Crippen LogP contribution in [0.25, 0.3) is 0 Å². The van der Waals surface area contributed by atoms with Crippen LogP contribution in [0.1, 0.15) is 29.6 Å². The molecule has 0 saturated carbocycles. The fourth-order valence-corrected chi connectivity index (χ4v) is 2.74. The second-order valence-corrected chi connectivity index (χ2v) is 5.77. The highest BCUT2D eigenvalue weighted by Crippen LogP contribution is 2.25. The van der Waals surface area contributed by atoms with Gasteiger partial charge in [-0.25, -0.2) is 0 Å². The minimum Gasteiger partial charge on any atom is -0.334 e. The van der Waals surface area contributed by atoms with E-state index in [4.69, 9.17) is 17.3 Å². The smallest absolute Gasteiger partial charge is 0.254 e. The van der Waals surface area contributed by atoms with Gasteiger partial charge in [0.25, 0.3) is 5.91 Å². The van der Waals surface area contributed by atoms with Gasteiger partial charge in [-0.15, -0.1) is 12.4 Å². The summed E-state index contributed by atoms with van der Waals surface area (Å²) in [5, 5.41) is 0.558. The van der Waals surface area contributed by atoms with Gasteiger partial charge < -0.3 is 10.6 Å². The number of carbonyl (C=O) groups excluding carboxylic acids is 1. The van der Waals surface area contributed by atoms with Crippen molar-refractivity contribution in [3.05, 3.63) is 33.3 Å². The van der Waals surface area contributed by atoms with Gasteiger partial charge in [0.15, 0.2) is 0 Å². The van der Waals surface area contributed by atoms with Gasteiger partial charge in [0.05, 0.1) is 5.02 Å². The van der Waals surface area contributed by atoms with Crippen LogP contribution in [0.15, 0.2) is 22.7 Å². The van der Waals surface area contributed by atoms with E-state index in [-0.39, 0.29) is 24.4 Å². The number of nitrogens with two attached hydrogens (primary N) is 1. The molecule has 106 valence electrons. The van der Waals surface area contributed by atoms with E-state index < -0.39 is 0 Å². The maximum atomic E-state index is 12.4. The number of benzene rings is 1. The van der Waals surface area contributed by atoms with Crippen molar-refractivity contribution in [3.63, 3.8) is 0 Å². The van der Waals surface area contributed by atoms with Crippen molar-refractivity contribution in [2.24, 2.45) is 5.73 Å². The zero-order chi connectivity index (χ0) is 13.1. The van der Waals surface area contributed by atoms with Crippen LogP contribution in [0, 0.1) is 0 Å². The fourth-order valence-electron chi connectivity index (χ4n) is 2.31. The number of carbonyl (C=O) groups is 1. The first-order chi connectivity index (χ1) is 8.63. The van der Waals surface area contributed by atoms with E-state index in [2.05, 4.69) is 15.9 Å². The predicted molar refractivity (Wildman–Crippen MR) is 84.1 cm³/mol. The van der Waals surface area contributed by atoms with E-state index in [0.29, 0.717) is 17.1 Å². The van der Waals surface area contributed by atoms with Gasteiger partial charge in [-0.2, -0.15) is 0 Å².